The fourth-order valence-electron chi connectivity index (χ4n) is 7.56. The Morgan fingerprint density at radius 3 is 1.34 bits per heavy atom. The molecule has 4 heterocycles. The zero-order valence-corrected chi connectivity index (χ0v) is 37.9. The molecule has 4 aliphatic heterocycles. The fraction of sp³-hybridized carbons (Fsp3) is 0.535. The summed E-state index contributed by atoms with van der Waals surface area (Å²) < 4.78 is 36.0. The molecule has 4 amide bonds. The van der Waals surface area contributed by atoms with Gasteiger partial charge in [0, 0.05) is 61.0 Å². The number of anilines is 2. The van der Waals surface area contributed by atoms with Gasteiger partial charge in [0.05, 0.1) is 49.9 Å². The Balaban J connectivity index is 1.19. The van der Waals surface area contributed by atoms with Crippen LogP contribution in [0.2, 0.25) is 51.4 Å². The van der Waals surface area contributed by atoms with Gasteiger partial charge in [0.25, 0.3) is 23.6 Å². The van der Waals surface area contributed by atoms with E-state index in [1.807, 2.05) is 0 Å². The van der Waals surface area contributed by atoms with E-state index in [2.05, 4.69) is 52.4 Å². The number of fused-ring (bicyclic) bond motifs is 4. The Morgan fingerprint density at radius 2 is 0.983 bits per heavy atom. The fourth-order valence-corrected chi connectivity index (χ4v) is 9.08. The maximum absolute atomic E-state index is 14.0. The first-order valence-electron chi connectivity index (χ1n) is 20.3. The van der Waals surface area contributed by atoms with Crippen LogP contribution < -0.4 is 28.7 Å². The van der Waals surface area contributed by atoms with Crippen LogP contribution in [0.4, 0.5) is 11.4 Å². The second-order valence-corrected chi connectivity index (χ2v) is 29.4. The molecule has 4 aliphatic rings. The normalized spacial score (nSPS) is 19.4. The number of carbonyl (C=O) groups is 4. The average Bonchev–Trinajstić information content (AvgIpc) is 3.74. The van der Waals surface area contributed by atoms with Crippen molar-refractivity contribution in [2.24, 2.45) is 0 Å². The van der Waals surface area contributed by atoms with Crippen LogP contribution in [0.25, 0.3) is 0 Å². The number of hydrogen-bond donors (Lipinski definition) is 0. The lowest BCUT2D eigenvalue weighted by atomic mass is 10.1. The molecule has 320 valence electrons. The number of hydrogen-bond acceptors (Lipinski definition) is 10. The number of rotatable bonds is 18. The zero-order chi connectivity index (χ0) is 42.8. The predicted octanol–water partition coefficient (Wildman–Crippen LogP) is 6.41. The molecule has 0 aromatic heterocycles. The highest BCUT2D eigenvalue weighted by atomic mass is 28.3. The number of nitrogens with zero attached hydrogens (tertiary/aromatic N) is 4. The minimum Gasteiger partial charge on any atom is -0.493 e. The highest BCUT2D eigenvalue weighted by Crippen LogP contribution is 2.42. The molecule has 2 aromatic carbocycles. The van der Waals surface area contributed by atoms with Gasteiger partial charge < -0.3 is 38.2 Å². The van der Waals surface area contributed by atoms with Crippen molar-refractivity contribution < 1.29 is 47.6 Å². The first-order valence-corrected chi connectivity index (χ1v) is 27.8. The standard InChI is InChI=1S/C43H60N4O10Si2/c1-28-18-34-42(50)46(26-54-14-16-58(5,6)7)32-22-38(36(52-3)20-30(32)40(48)44(34)24-28)56-12-11-13-57-39-23-33-31(21-37(39)53-4)41(49)45-25-29(2)19-35(45)43(51)47(33)27-55-15-17-59(8,9)10/h20-23,34-35H,1-2,11-19,24-27H2,3-10H3/t34-,35-/m0/s1. The molecule has 2 fully saturated rings. The number of amides is 4. The van der Waals surface area contributed by atoms with Crippen LogP contribution in [0.5, 0.6) is 23.0 Å². The molecule has 0 spiro atoms. The lowest BCUT2D eigenvalue weighted by Crippen LogP contribution is -2.45. The third kappa shape index (κ3) is 9.88. The molecule has 0 unspecified atom stereocenters. The van der Waals surface area contributed by atoms with Crippen LogP contribution in [-0.4, -0.2) is 129 Å². The highest BCUT2D eigenvalue weighted by molar-refractivity contribution is 6.76. The first-order chi connectivity index (χ1) is 27.9. The maximum atomic E-state index is 14.0. The summed E-state index contributed by atoms with van der Waals surface area (Å²) >= 11 is 0. The van der Waals surface area contributed by atoms with Crippen LogP contribution in [-0.2, 0) is 19.1 Å². The van der Waals surface area contributed by atoms with Crippen molar-refractivity contribution in [1.29, 1.82) is 0 Å². The average molecular weight is 849 g/mol. The number of benzene rings is 2. The first kappa shape index (κ1) is 43.9. The van der Waals surface area contributed by atoms with Crippen molar-refractivity contribution in [3.63, 3.8) is 0 Å². The van der Waals surface area contributed by atoms with Crippen LogP contribution >= 0.6 is 0 Å². The number of methoxy groups -OCH3 is 2. The summed E-state index contributed by atoms with van der Waals surface area (Å²) in [5.41, 5.74) is 3.10. The van der Waals surface area contributed by atoms with Crippen molar-refractivity contribution in [2.45, 2.75) is 82.7 Å². The molecule has 59 heavy (non-hydrogen) atoms. The van der Waals surface area contributed by atoms with Crippen molar-refractivity contribution in [1.82, 2.24) is 9.80 Å². The third-order valence-electron chi connectivity index (χ3n) is 11.0. The van der Waals surface area contributed by atoms with Crippen LogP contribution in [0.1, 0.15) is 40.0 Å². The van der Waals surface area contributed by atoms with Gasteiger partial charge in [0.15, 0.2) is 23.0 Å². The molecule has 0 bridgehead atoms. The second-order valence-electron chi connectivity index (χ2n) is 18.1. The number of carbonyl (C=O) groups excluding carboxylic acids is 4. The topological polar surface area (TPSA) is 137 Å². The second kappa shape index (κ2) is 17.9. The summed E-state index contributed by atoms with van der Waals surface area (Å²) in [7, 11) is 0.238. The Morgan fingerprint density at radius 1 is 0.593 bits per heavy atom. The monoisotopic (exact) mass is 848 g/mol. The largest absolute Gasteiger partial charge is 0.493 e. The summed E-state index contributed by atoms with van der Waals surface area (Å²) in [5.74, 6) is 0.402. The van der Waals surface area contributed by atoms with Crippen molar-refractivity contribution >= 4 is 51.2 Å². The molecule has 0 radical (unpaired) electrons. The molecule has 0 aliphatic carbocycles. The third-order valence-corrected chi connectivity index (χ3v) is 14.4. The Bertz CT molecular complexity index is 1850. The van der Waals surface area contributed by atoms with Gasteiger partial charge in [-0.2, -0.15) is 0 Å². The van der Waals surface area contributed by atoms with Crippen molar-refractivity contribution in [3.8, 4) is 23.0 Å². The van der Waals surface area contributed by atoms with Gasteiger partial charge in [-0.15, -0.1) is 0 Å². The quantitative estimate of drug-likeness (QED) is 0.0941. The zero-order valence-electron chi connectivity index (χ0n) is 35.9. The van der Waals surface area contributed by atoms with Crippen molar-refractivity contribution in [2.75, 3.05) is 77.0 Å². The molecule has 2 saturated heterocycles. The number of ether oxygens (including phenoxy) is 6. The minimum atomic E-state index is -1.38. The summed E-state index contributed by atoms with van der Waals surface area (Å²) in [6.45, 7) is 23.7. The molecule has 2 atom stereocenters. The van der Waals surface area contributed by atoms with Gasteiger partial charge >= 0.3 is 0 Å². The van der Waals surface area contributed by atoms with Gasteiger partial charge in [-0.3, -0.25) is 29.0 Å². The van der Waals surface area contributed by atoms with Gasteiger partial charge in [0.2, 0.25) is 0 Å². The smallest absolute Gasteiger partial charge is 0.257 e. The van der Waals surface area contributed by atoms with E-state index in [0.717, 1.165) is 23.2 Å². The van der Waals surface area contributed by atoms with Crippen LogP contribution in [0.15, 0.2) is 48.6 Å². The molecule has 2 aromatic rings. The van der Waals surface area contributed by atoms with E-state index in [4.69, 9.17) is 28.4 Å². The summed E-state index contributed by atoms with van der Waals surface area (Å²) in [6.07, 6.45) is 1.20. The van der Waals surface area contributed by atoms with Crippen LogP contribution in [0.3, 0.4) is 0 Å². The lowest BCUT2D eigenvalue weighted by molar-refractivity contribution is -0.123. The van der Waals surface area contributed by atoms with E-state index >= 15 is 0 Å². The molecule has 0 N–H and O–H groups in total. The van der Waals surface area contributed by atoms with E-state index < -0.39 is 28.2 Å². The van der Waals surface area contributed by atoms with Gasteiger partial charge in [-0.25, -0.2) is 0 Å². The Labute approximate surface area is 350 Å². The summed E-state index contributed by atoms with van der Waals surface area (Å²) in [4.78, 5) is 62.1. The van der Waals surface area contributed by atoms with E-state index in [-0.39, 0.29) is 50.3 Å². The van der Waals surface area contributed by atoms with E-state index in [1.165, 1.54) is 24.0 Å². The summed E-state index contributed by atoms with van der Waals surface area (Å²) in [5, 5.41) is 0. The predicted molar refractivity (Wildman–Crippen MR) is 232 cm³/mol. The lowest BCUT2D eigenvalue weighted by Gasteiger charge is -2.26. The van der Waals surface area contributed by atoms with E-state index in [0.29, 0.717) is 91.1 Å². The minimum absolute atomic E-state index is 0.00414. The van der Waals surface area contributed by atoms with Gasteiger partial charge in [-0.1, -0.05) is 63.6 Å². The molecule has 16 heteroatoms. The molecule has 0 saturated carbocycles. The molecule has 6 rings (SSSR count). The molecular formula is C43H60N4O10Si2. The van der Waals surface area contributed by atoms with E-state index in [9.17, 15) is 19.2 Å². The van der Waals surface area contributed by atoms with Gasteiger partial charge in [0.1, 0.15) is 25.5 Å². The molecule has 14 nitrogen and oxygen atoms in total. The van der Waals surface area contributed by atoms with Crippen LogP contribution in [0, 0.1) is 0 Å². The van der Waals surface area contributed by atoms with E-state index in [1.54, 1.807) is 34.1 Å². The Kier molecular flexibility index (Phi) is 13.3. The SMILES string of the molecule is C=C1C[C@H]2C(=O)N(COCC[Si](C)(C)C)c3cc(OCCCOc4cc5c(cc4OC)C(=O)N4CC(=C)C[C@H]4C(=O)N5COCC[Si](C)(C)C)c(OC)cc3C(=O)N2C1. The maximum Gasteiger partial charge on any atom is 0.257 e. The molecular weight excluding hydrogens is 789 g/mol. The summed E-state index contributed by atoms with van der Waals surface area (Å²) in [6, 6.07) is 7.13. The van der Waals surface area contributed by atoms with Crippen molar-refractivity contribution in [3.05, 3.63) is 59.7 Å². The van der Waals surface area contributed by atoms with Gasteiger partial charge in [-0.05, 0) is 37.1 Å². The highest BCUT2D eigenvalue weighted by Gasteiger charge is 2.45. The Hall–Kier alpha value is -4.65.